The molecule has 1 aromatic heterocycles. The second-order valence-electron chi connectivity index (χ2n) is 7.02. The molecule has 0 atom stereocenters. The van der Waals surface area contributed by atoms with Crippen LogP contribution in [-0.4, -0.2) is 46.8 Å². The Kier molecular flexibility index (Phi) is 4.28. The summed E-state index contributed by atoms with van der Waals surface area (Å²) in [5.41, 5.74) is 3.38. The molecule has 2 amide bonds. The standard InChI is InChI=1S/C21H18F2N4O2/c22-15-3-1-14(2-4-15)20-19-12-26(21(28)25-7-9-29-10-8-25)18-11-16(23)5-6-17(18)27(19)13-24-20/h1-6,11,13H,7-10,12H2. The van der Waals surface area contributed by atoms with E-state index in [2.05, 4.69) is 4.98 Å². The average Bonchev–Trinajstić information content (AvgIpc) is 3.17. The lowest BCUT2D eigenvalue weighted by Gasteiger charge is -2.36. The Morgan fingerprint density at radius 2 is 1.69 bits per heavy atom. The molecule has 1 saturated heterocycles. The van der Waals surface area contributed by atoms with E-state index in [0.717, 1.165) is 11.3 Å². The number of hydrogen-bond donors (Lipinski definition) is 0. The van der Waals surface area contributed by atoms with Crippen molar-refractivity contribution < 1.29 is 18.3 Å². The lowest BCUT2D eigenvalue weighted by Crippen LogP contribution is -2.49. The van der Waals surface area contributed by atoms with Crippen LogP contribution in [0.3, 0.4) is 0 Å². The van der Waals surface area contributed by atoms with E-state index in [1.807, 2.05) is 4.57 Å². The highest BCUT2D eigenvalue weighted by atomic mass is 19.1. The molecule has 0 N–H and O–H groups in total. The van der Waals surface area contributed by atoms with Crippen LogP contribution in [-0.2, 0) is 11.3 Å². The van der Waals surface area contributed by atoms with Crippen LogP contribution < -0.4 is 4.90 Å². The average molecular weight is 396 g/mol. The summed E-state index contributed by atoms with van der Waals surface area (Å²) < 4.78 is 34.6. The highest BCUT2D eigenvalue weighted by Gasteiger charge is 2.32. The van der Waals surface area contributed by atoms with Gasteiger partial charge >= 0.3 is 6.03 Å². The highest BCUT2D eigenvalue weighted by Crippen LogP contribution is 2.37. The van der Waals surface area contributed by atoms with Crippen molar-refractivity contribution in [3.8, 4) is 16.9 Å². The van der Waals surface area contributed by atoms with E-state index >= 15 is 0 Å². The van der Waals surface area contributed by atoms with Gasteiger partial charge in [0.15, 0.2) is 0 Å². The van der Waals surface area contributed by atoms with Gasteiger partial charge in [-0.2, -0.15) is 0 Å². The van der Waals surface area contributed by atoms with Gasteiger partial charge in [-0.15, -0.1) is 0 Å². The second kappa shape index (κ2) is 6.97. The smallest absolute Gasteiger partial charge is 0.325 e. The molecule has 8 heteroatoms. The Morgan fingerprint density at radius 3 is 2.45 bits per heavy atom. The van der Waals surface area contributed by atoms with Crippen molar-refractivity contribution in [2.45, 2.75) is 6.54 Å². The second-order valence-corrected chi connectivity index (χ2v) is 7.02. The summed E-state index contributed by atoms with van der Waals surface area (Å²) in [7, 11) is 0. The number of rotatable bonds is 1. The maximum Gasteiger partial charge on any atom is 0.325 e. The third kappa shape index (κ3) is 3.05. The fourth-order valence-electron chi connectivity index (χ4n) is 3.83. The Labute approximate surface area is 165 Å². The quantitative estimate of drug-likeness (QED) is 0.632. The molecule has 0 radical (unpaired) electrons. The lowest BCUT2D eigenvalue weighted by molar-refractivity contribution is 0.0547. The molecule has 3 heterocycles. The van der Waals surface area contributed by atoms with Gasteiger partial charge < -0.3 is 9.64 Å². The third-order valence-corrected chi connectivity index (χ3v) is 5.29. The largest absolute Gasteiger partial charge is 0.378 e. The van der Waals surface area contributed by atoms with Gasteiger partial charge in [0.2, 0.25) is 0 Å². The van der Waals surface area contributed by atoms with Crippen molar-refractivity contribution in [3.05, 3.63) is 66.1 Å². The van der Waals surface area contributed by atoms with Gasteiger partial charge in [0, 0.05) is 18.7 Å². The minimum atomic E-state index is -0.411. The summed E-state index contributed by atoms with van der Waals surface area (Å²) in [6.07, 6.45) is 1.65. The van der Waals surface area contributed by atoms with E-state index in [9.17, 15) is 13.6 Å². The number of anilines is 1. The maximum absolute atomic E-state index is 14.0. The highest BCUT2D eigenvalue weighted by molar-refractivity contribution is 5.95. The molecule has 0 bridgehead atoms. The molecule has 0 aliphatic carbocycles. The van der Waals surface area contributed by atoms with Crippen LogP contribution in [0.15, 0.2) is 48.8 Å². The molecule has 148 valence electrons. The Hall–Kier alpha value is -3.26. The number of fused-ring (bicyclic) bond motifs is 3. The Morgan fingerprint density at radius 1 is 0.966 bits per heavy atom. The van der Waals surface area contributed by atoms with Gasteiger partial charge in [0.05, 0.1) is 42.5 Å². The van der Waals surface area contributed by atoms with Crippen LogP contribution in [0.2, 0.25) is 0 Å². The summed E-state index contributed by atoms with van der Waals surface area (Å²) >= 11 is 0. The zero-order chi connectivity index (χ0) is 20.0. The normalized spacial score (nSPS) is 15.8. The molecule has 5 rings (SSSR count). The van der Waals surface area contributed by atoms with Gasteiger partial charge in [-0.25, -0.2) is 18.6 Å². The maximum atomic E-state index is 14.0. The van der Waals surface area contributed by atoms with Crippen LogP contribution in [0.4, 0.5) is 19.3 Å². The van der Waals surface area contributed by atoms with Gasteiger partial charge in [-0.3, -0.25) is 9.47 Å². The number of morpholine rings is 1. The van der Waals surface area contributed by atoms with Crippen LogP contribution in [0.5, 0.6) is 0 Å². The van der Waals surface area contributed by atoms with E-state index in [0.29, 0.717) is 43.4 Å². The van der Waals surface area contributed by atoms with Crippen LogP contribution in [0.1, 0.15) is 5.69 Å². The number of carbonyl (C=O) groups excluding carboxylic acids is 1. The van der Waals surface area contributed by atoms with Crippen molar-refractivity contribution in [1.29, 1.82) is 0 Å². The SMILES string of the molecule is O=C(N1CCOCC1)N1Cc2c(-c3ccc(F)cc3)ncn2-c2ccc(F)cc21. The number of hydrogen-bond acceptors (Lipinski definition) is 3. The molecule has 2 aromatic carbocycles. The molecule has 29 heavy (non-hydrogen) atoms. The molecular weight excluding hydrogens is 378 g/mol. The number of nitrogens with zero attached hydrogens (tertiary/aromatic N) is 4. The van der Waals surface area contributed by atoms with Crippen molar-refractivity contribution >= 4 is 11.7 Å². The lowest BCUT2D eigenvalue weighted by atomic mass is 10.1. The number of imidazole rings is 1. The summed E-state index contributed by atoms with van der Waals surface area (Å²) in [5, 5.41) is 0. The summed E-state index contributed by atoms with van der Waals surface area (Å²) in [6, 6.07) is 10.3. The fraction of sp³-hybridized carbons (Fsp3) is 0.238. The van der Waals surface area contributed by atoms with Crippen molar-refractivity contribution in [3.63, 3.8) is 0 Å². The van der Waals surface area contributed by atoms with Crippen LogP contribution in [0, 0.1) is 11.6 Å². The number of benzene rings is 2. The summed E-state index contributed by atoms with van der Waals surface area (Å²) in [6.45, 7) is 2.18. The molecule has 0 unspecified atom stereocenters. The first kappa shape index (κ1) is 17.8. The van der Waals surface area contributed by atoms with Gasteiger partial charge in [-0.1, -0.05) is 0 Å². The predicted molar refractivity (Wildman–Crippen MR) is 103 cm³/mol. The third-order valence-electron chi connectivity index (χ3n) is 5.29. The van der Waals surface area contributed by atoms with E-state index in [1.54, 1.807) is 34.3 Å². The molecule has 0 saturated carbocycles. The number of halogens is 2. The summed E-state index contributed by atoms with van der Waals surface area (Å²) in [5.74, 6) is -0.738. The topological polar surface area (TPSA) is 50.6 Å². The minimum Gasteiger partial charge on any atom is -0.378 e. The van der Waals surface area contributed by atoms with Crippen molar-refractivity contribution in [2.24, 2.45) is 0 Å². The minimum absolute atomic E-state index is 0.197. The van der Waals surface area contributed by atoms with E-state index < -0.39 is 5.82 Å². The number of urea groups is 1. The Bertz CT molecular complexity index is 1060. The van der Waals surface area contributed by atoms with Crippen LogP contribution >= 0.6 is 0 Å². The molecule has 2 aliphatic heterocycles. The van der Waals surface area contributed by atoms with Crippen molar-refractivity contribution in [2.75, 3.05) is 31.2 Å². The van der Waals surface area contributed by atoms with Crippen LogP contribution in [0.25, 0.3) is 16.9 Å². The van der Waals surface area contributed by atoms with Gasteiger partial charge in [0.25, 0.3) is 0 Å². The first-order chi connectivity index (χ1) is 14.1. The van der Waals surface area contributed by atoms with E-state index in [4.69, 9.17) is 4.74 Å². The van der Waals surface area contributed by atoms with E-state index in [-0.39, 0.29) is 18.4 Å². The number of ether oxygens (including phenoxy) is 1. The number of amides is 2. The fourth-order valence-corrected chi connectivity index (χ4v) is 3.83. The predicted octanol–water partition coefficient (Wildman–Crippen LogP) is 3.59. The van der Waals surface area contributed by atoms with Gasteiger partial charge in [-0.05, 0) is 42.5 Å². The van der Waals surface area contributed by atoms with Gasteiger partial charge in [0.1, 0.15) is 18.0 Å². The summed E-state index contributed by atoms with van der Waals surface area (Å²) in [4.78, 5) is 21.0. The first-order valence-electron chi connectivity index (χ1n) is 9.38. The molecular formula is C21H18F2N4O2. The zero-order valence-electron chi connectivity index (χ0n) is 15.5. The van der Waals surface area contributed by atoms with E-state index in [1.165, 1.54) is 24.3 Å². The van der Waals surface area contributed by atoms with Crippen molar-refractivity contribution in [1.82, 2.24) is 14.5 Å². The number of aromatic nitrogens is 2. The molecule has 6 nitrogen and oxygen atoms in total. The zero-order valence-corrected chi connectivity index (χ0v) is 15.5. The Balaban J connectivity index is 1.60. The number of carbonyl (C=O) groups is 1. The first-order valence-corrected chi connectivity index (χ1v) is 9.38. The molecule has 0 spiro atoms. The monoisotopic (exact) mass is 396 g/mol. The molecule has 1 fully saturated rings. The molecule has 2 aliphatic rings. The molecule has 3 aromatic rings.